The van der Waals surface area contributed by atoms with Crippen molar-refractivity contribution in [2.75, 3.05) is 0 Å². The molecule has 0 atom stereocenters. The third kappa shape index (κ3) is 40.0. The second kappa shape index (κ2) is 44.6. The Morgan fingerprint density at radius 1 is 0.269 bits per heavy atom. The van der Waals surface area contributed by atoms with E-state index in [0.717, 1.165) is 77.0 Å². The standard InChI is InChI=1S/3C18H36O4.Al/c3*1-2-3-4-5-6-7-8-9-10-11-12-13-14-15-16-18(21,22)17(19)20;/h3*21-22H,2-16H2,1H3,(H,19,20);/q;;;+3/p-3. The lowest BCUT2D eigenvalue weighted by molar-refractivity contribution is -0.218. The van der Waals surface area contributed by atoms with Crippen LogP contribution in [0.1, 0.15) is 310 Å². The number of rotatable bonds is 51. The van der Waals surface area contributed by atoms with Crippen LogP contribution in [0.2, 0.25) is 0 Å². The van der Waals surface area contributed by atoms with Gasteiger partial charge in [0.05, 0.1) is 0 Å². The van der Waals surface area contributed by atoms with Crippen molar-refractivity contribution in [2.24, 2.45) is 0 Å². The van der Waals surface area contributed by atoms with Gasteiger partial charge in [0.1, 0.15) is 0 Å². The van der Waals surface area contributed by atoms with Gasteiger partial charge in [-0.1, -0.05) is 271 Å². The lowest BCUT2D eigenvalue weighted by Crippen LogP contribution is -2.51. The van der Waals surface area contributed by atoms with E-state index < -0.39 is 69.7 Å². The molecule has 6 N–H and O–H groups in total. The summed E-state index contributed by atoms with van der Waals surface area (Å²) in [6, 6.07) is 0. The van der Waals surface area contributed by atoms with Crippen molar-refractivity contribution in [2.45, 2.75) is 327 Å². The lowest BCUT2D eigenvalue weighted by Gasteiger charge is -2.26. The molecule has 0 aromatic rings. The van der Waals surface area contributed by atoms with Gasteiger partial charge in [-0.15, -0.1) is 0 Å². The minimum atomic E-state index is -4.45. The maximum absolute atomic E-state index is 13.0. The van der Waals surface area contributed by atoms with Gasteiger partial charge in [-0.25, -0.2) is 14.4 Å². The molecule has 396 valence electrons. The summed E-state index contributed by atoms with van der Waals surface area (Å²) in [4.78, 5) is 39.1. The van der Waals surface area contributed by atoms with Crippen LogP contribution in [0.15, 0.2) is 0 Å². The highest BCUT2D eigenvalue weighted by Crippen LogP contribution is 2.23. The molecule has 0 aromatic heterocycles. The molecule has 0 spiro atoms. The number of hydrogen-bond donors (Lipinski definition) is 6. The van der Waals surface area contributed by atoms with Crippen LogP contribution in [-0.2, 0) is 25.7 Å². The molecule has 0 saturated heterocycles. The molecule has 0 saturated carbocycles. The van der Waals surface area contributed by atoms with Crippen molar-refractivity contribution in [3.63, 3.8) is 0 Å². The average Bonchev–Trinajstić information content (AvgIpc) is 3.29. The van der Waals surface area contributed by atoms with Crippen LogP contribution in [0.4, 0.5) is 0 Å². The molecule has 0 bridgehead atoms. The Bertz CT molecular complexity index is 1010. The minimum Gasteiger partial charge on any atom is -0.547 e. The number of unbranched alkanes of at least 4 members (excludes halogenated alkanes) is 39. The van der Waals surface area contributed by atoms with Crippen LogP contribution in [0.25, 0.3) is 0 Å². The summed E-state index contributed by atoms with van der Waals surface area (Å²) >= 11 is -4.45. The van der Waals surface area contributed by atoms with Gasteiger partial charge in [-0.3, -0.25) is 0 Å². The lowest BCUT2D eigenvalue weighted by atomic mass is 10.0. The van der Waals surface area contributed by atoms with Gasteiger partial charge < -0.3 is 42.0 Å². The molecular weight excluding hydrogens is 868 g/mol. The maximum Gasteiger partial charge on any atom is 1.20 e. The zero-order valence-corrected chi connectivity index (χ0v) is 44.7. The molecule has 0 amide bonds. The Balaban J connectivity index is 5.00. The van der Waals surface area contributed by atoms with E-state index in [1.165, 1.54) is 154 Å². The Morgan fingerprint density at radius 2 is 0.403 bits per heavy atom. The summed E-state index contributed by atoms with van der Waals surface area (Å²) < 4.78 is 15.1. The Hall–Kier alpha value is -1.30. The molecule has 0 aliphatic carbocycles. The van der Waals surface area contributed by atoms with E-state index >= 15 is 0 Å². The summed E-state index contributed by atoms with van der Waals surface area (Å²) in [5.41, 5.74) is 0. The summed E-state index contributed by atoms with van der Waals surface area (Å²) in [5, 5.41) is 63.8. The second-order valence-corrected chi connectivity index (χ2v) is 21.3. The molecule has 0 rings (SSSR count). The second-order valence-electron chi connectivity index (χ2n) is 20.0. The summed E-state index contributed by atoms with van der Waals surface area (Å²) in [6.45, 7) is 6.67. The first kappa shape index (κ1) is 65.7. The fourth-order valence-corrected chi connectivity index (χ4v) is 9.86. The Morgan fingerprint density at radius 3 is 0.552 bits per heavy atom. The molecule has 0 aliphatic rings. The largest absolute Gasteiger partial charge is 1.20 e. The van der Waals surface area contributed by atoms with E-state index in [2.05, 4.69) is 20.8 Å². The van der Waals surface area contributed by atoms with Gasteiger partial charge in [0.15, 0.2) is 0 Å². The summed E-state index contributed by atoms with van der Waals surface area (Å²) in [7, 11) is 0. The highest BCUT2D eigenvalue weighted by molar-refractivity contribution is 6.44. The van der Waals surface area contributed by atoms with Crippen molar-refractivity contribution >= 4 is 33.1 Å². The normalized spacial score (nSPS) is 12.1. The first-order chi connectivity index (χ1) is 32.2. The fraction of sp³-hybridized carbons (Fsp3) is 0.944. The first-order valence-electron chi connectivity index (χ1n) is 28.2. The molecular formula is C54H105AlO12. The van der Waals surface area contributed by atoms with Crippen molar-refractivity contribution in [1.29, 1.82) is 0 Å². The van der Waals surface area contributed by atoms with Crippen LogP contribution >= 0.6 is 0 Å². The minimum absolute atomic E-state index is 0.275. The van der Waals surface area contributed by atoms with Crippen LogP contribution in [0.3, 0.4) is 0 Å². The molecule has 67 heavy (non-hydrogen) atoms. The number of hydrogen-bond acceptors (Lipinski definition) is 12. The van der Waals surface area contributed by atoms with E-state index in [-0.39, 0.29) is 19.3 Å². The number of carbonyl (C=O) groups is 3. The van der Waals surface area contributed by atoms with Gasteiger partial charge in [0, 0.05) is 19.3 Å². The maximum atomic E-state index is 13.0. The van der Waals surface area contributed by atoms with Crippen molar-refractivity contribution in [1.82, 2.24) is 0 Å². The van der Waals surface area contributed by atoms with Gasteiger partial charge in [-0.2, -0.15) is 0 Å². The summed E-state index contributed by atoms with van der Waals surface area (Å²) in [6.07, 6.45) is 44.4. The van der Waals surface area contributed by atoms with Crippen LogP contribution in [-0.4, -0.2) is 81.1 Å². The van der Waals surface area contributed by atoms with E-state index in [4.69, 9.17) is 11.4 Å². The van der Waals surface area contributed by atoms with Crippen molar-refractivity contribution < 1.29 is 56.4 Å². The van der Waals surface area contributed by atoms with Crippen molar-refractivity contribution in [3.05, 3.63) is 0 Å². The highest BCUT2D eigenvalue weighted by Gasteiger charge is 2.57. The molecule has 12 nitrogen and oxygen atoms in total. The van der Waals surface area contributed by atoms with Gasteiger partial charge in [-0.05, 0) is 19.3 Å². The quantitative estimate of drug-likeness (QED) is 0.0192. The molecule has 0 heterocycles. The van der Waals surface area contributed by atoms with Crippen molar-refractivity contribution in [3.8, 4) is 0 Å². The Kier molecular flexibility index (Phi) is 43.8. The third-order valence-electron chi connectivity index (χ3n) is 13.2. The molecule has 0 unspecified atom stereocenters. The third-order valence-corrected chi connectivity index (χ3v) is 14.4. The van der Waals surface area contributed by atoms with Crippen LogP contribution in [0, 0.1) is 0 Å². The predicted octanol–water partition coefficient (Wildman–Crippen LogP) is 13.3. The van der Waals surface area contributed by atoms with Gasteiger partial charge in [0.2, 0.25) is 0 Å². The van der Waals surface area contributed by atoms with E-state index in [1.807, 2.05) is 0 Å². The van der Waals surface area contributed by atoms with E-state index in [9.17, 15) is 45.0 Å². The zero-order valence-electron chi connectivity index (χ0n) is 43.5. The van der Waals surface area contributed by atoms with E-state index in [0.29, 0.717) is 19.3 Å². The smallest absolute Gasteiger partial charge is 0.547 e. The molecule has 0 aromatic carbocycles. The molecule has 13 heteroatoms. The Labute approximate surface area is 414 Å². The van der Waals surface area contributed by atoms with Gasteiger partial charge in [0.25, 0.3) is 17.4 Å². The summed E-state index contributed by atoms with van der Waals surface area (Å²) in [5.74, 6) is -14.0. The van der Waals surface area contributed by atoms with Crippen LogP contribution < -0.4 is 0 Å². The monoisotopic (exact) mass is 973 g/mol. The SMILES string of the molecule is CCCCCCCCCCCCCCCCC(O)(O)C(=O)[O][Al]([O]C(=O)C(O)(O)CCCCCCCCCCCCCCCC)[O]C(=O)C(O)(O)CCCCCCCCCCCCCCCC. The highest BCUT2D eigenvalue weighted by atomic mass is 27.3. The van der Waals surface area contributed by atoms with Gasteiger partial charge >= 0.3 is 33.1 Å². The average molecular weight is 973 g/mol. The predicted molar refractivity (Wildman–Crippen MR) is 270 cm³/mol. The topological polar surface area (TPSA) is 200 Å². The molecule has 0 fully saturated rings. The number of aliphatic hydroxyl groups is 6. The van der Waals surface area contributed by atoms with Crippen LogP contribution in [0.5, 0.6) is 0 Å². The fourth-order valence-electron chi connectivity index (χ4n) is 8.62. The first-order valence-corrected chi connectivity index (χ1v) is 29.6. The zero-order chi connectivity index (χ0) is 49.8. The van der Waals surface area contributed by atoms with E-state index in [1.54, 1.807) is 0 Å². The number of carbonyl (C=O) groups excluding carboxylic acids is 3. The molecule has 0 radical (unpaired) electrons. The molecule has 0 aliphatic heterocycles.